The van der Waals surface area contributed by atoms with E-state index in [1.54, 1.807) is 11.8 Å². The first kappa shape index (κ1) is 27.1. The molecule has 3 aliphatic heterocycles. The SMILES string of the molecule is CC(=O)N[C@H](CCN1CC2CN(C(=O)c3c(C)nc(N4CCC[C@H]4C(=O)O)nc3C)CC2C1)c1ccccc1. The number of fused-ring (bicyclic) bond motifs is 1. The van der Waals surface area contributed by atoms with Gasteiger partial charge in [0.1, 0.15) is 6.04 Å². The van der Waals surface area contributed by atoms with Crippen LogP contribution in [0.4, 0.5) is 5.95 Å². The zero-order valence-corrected chi connectivity index (χ0v) is 23.0. The van der Waals surface area contributed by atoms with Crippen LogP contribution in [-0.2, 0) is 9.59 Å². The van der Waals surface area contributed by atoms with Crippen LogP contribution in [0.5, 0.6) is 0 Å². The standard InChI is InChI=1S/C29H38N6O4/c1-18-26(19(2)31-29(30-18)35-12-7-10-25(35)28(38)39)27(37)34-16-22-14-33(15-23(22)17-34)13-11-24(32-20(3)36)21-8-5-4-6-9-21/h4-6,8-9,22-25H,7,10-17H2,1-3H3,(H,32,36)(H,38,39)/t22?,23?,24-,25+/m1/s1. The number of nitrogens with zero attached hydrogens (tertiary/aromatic N) is 5. The lowest BCUT2D eigenvalue weighted by Gasteiger charge is -2.26. The lowest BCUT2D eigenvalue weighted by atomic mass is 10.0. The number of amides is 2. The van der Waals surface area contributed by atoms with Crippen LogP contribution in [0.1, 0.15) is 59.5 Å². The van der Waals surface area contributed by atoms with E-state index < -0.39 is 12.0 Å². The summed E-state index contributed by atoms with van der Waals surface area (Å²) >= 11 is 0. The molecule has 2 amide bonds. The zero-order valence-electron chi connectivity index (χ0n) is 23.0. The number of carbonyl (C=O) groups excluding carboxylic acids is 2. The second-order valence-electron chi connectivity index (χ2n) is 11.2. The van der Waals surface area contributed by atoms with Crippen LogP contribution >= 0.6 is 0 Å². The highest BCUT2D eigenvalue weighted by Crippen LogP contribution is 2.33. The van der Waals surface area contributed by atoms with Gasteiger partial charge in [0.25, 0.3) is 5.91 Å². The van der Waals surface area contributed by atoms with Crippen molar-refractivity contribution < 1.29 is 19.5 Å². The Hall–Kier alpha value is -3.53. The molecule has 208 valence electrons. The summed E-state index contributed by atoms with van der Waals surface area (Å²) in [7, 11) is 0. The monoisotopic (exact) mass is 534 g/mol. The Morgan fingerprint density at radius 1 is 1.03 bits per heavy atom. The molecular weight excluding hydrogens is 496 g/mol. The third-order valence-electron chi connectivity index (χ3n) is 8.43. The molecule has 0 saturated carbocycles. The summed E-state index contributed by atoms with van der Waals surface area (Å²) in [5.41, 5.74) is 2.85. The normalized spacial score (nSPS) is 23.6. The van der Waals surface area contributed by atoms with Crippen molar-refractivity contribution in [3.05, 3.63) is 52.8 Å². The number of nitrogens with one attached hydrogen (secondary N) is 1. The maximum absolute atomic E-state index is 13.6. The number of carboxylic acid groups (broad SMARTS) is 1. The number of benzene rings is 1. The van der Waals surface area contributed by atoms with E-state index in [0.717, 1.165) is 38.0 Å². The van der Waals surface area contributed by atoms with Gasteiger partial charge in [-0.25, -0.2) is 14.8 Å². The van der Waals surface area contributed by atoms with Crippen LogP contribution in [-0.4, -0.2) is 88.0 Å². The first-order chi connectivity index (χ1) is 18.7. The second kappa shape index (κ2) is 11.3. The fourth-order valence-electron chi connectivity index (χ4n) is 6.56. The van der Waals surface area contributed by atoms with E-state index in [2.05, 4.69) is 32.3 Å². The van der Waals surface area contributed by atoms with Gasteiger partial charge in [-0.2, -0.15) is 0 Å². The molecule has 0 spiro atoms. The van der Waals surface area contributed by atoms with Crippen LogP contribution in [0.25, 0.3) is 0 Å². The number of carboxylic acids is 1. The third kappa shape index (κ3) is 5.75. The Kier molecular flexibility index (Phi) is 7.83. The molecule has 0 radical (unpaired) electrons. The maximum Gasteiger partial charge on any atom is 0.326 e. The van der Waals surface area contributed by atoms with E-state index in [-0.39, 0.29) is 17.9 Å². The van der Waals surface area contributed by atoms with Crippen molar-refractivity contribution in [3.8, 4) is 0 Å². The number of aliphatic carboxylic acids is 1. The van der Waals surface area contributed by atoms with E-state index in [0.29, 0.717) is 60.8 Å². The van der Waals surface area contributed by atoms with E-state index >= 15 is 0 Å². The molecule has 10 nitrogen and oxygen atoms in total. The van der Waals surface area contributed by atoms with Crippen LogP contribution in [0.3, 0.4) is 0 Å². The number of anilines is 1. The highest BCUT2D eigenvalue weighted by Gasteiger charge is 2.42. The Balaban J connectivity index is 1.19. The lowest BCUT2D eigenvalue weighted by molar-refractivity contribution is -0.138. The van der Waals surface area contributed by atoms with Gasteiger partial charge >= 0.3 is 5.97 Å². The Morgan fingerprint density at radius 3 is 2.26 bits per heavy atom. The average Bonchev–Trinajstić information content (AvgIpc) is 3.61. The Labute approximate surface area is 229 Å². The summed E-state index contributed by atoms with van der Waals surface area (Å²) in [5.74, 6) is 0.311. The summed E-state index contributed by atoms with van der Waals surface area (Å²) in [4.78, 5) is 52.3. The van der Waals surface area contributed by atoms with Crippen LogP contribution < -0.4 is 10.2 Å². The van der Waals surface area contributed by atoms with Gasteiger partial charge in [-0.05, 0) is 50.5 Å². The van der Waals surface area contributed by atoms with Gasteiger partial charge in [0.05, 0.1) is 23.0 Å². The molecule has 2 N–H and O–H groups in total. The summed E-state index contributed by atoms with van der Waals surface area (Å²) in [6.45, 7) is 9.98. The van der Waals surface area contributed by atoms with Crippen molar-refractivity contribution in [1.82, 2.24) is 25.1 Å². The van der Waals surface area contributed by atoms with Gasteiger partial charge < -0.3 is 25.1 Å². The molecule has 0 aliphatic carbocycles. The summed E-state index contributed by atoms with van der Waals surface area (Å²) < 4.78 is 0. The van der Waals surface area contributed by atoms with Gasteiger partial charge in [0.2, 0.25) is 11.9 Å². The van der Waals surface area contributed by atoms with Crippen molar-refractivity contribution in [2.24, 2.45) is 11.8 Å². The van der Waals surface area contributed by atoms with E-state index in [4.69, 9.17) is 0 Å². The number of likely N-dealkylation sites (tertiary alicyclic amines) is 2. The predicted molar refractivity (Wildman–Crippen MR) is 146 cm³/mol. The molecule has 5 rings (SSSR count). The molecular formula is C29H38N6O4. The van der Waals surface area contributed by atoms with Crippen LogP contribution in [0, 0.1) is 25.7 Å². The molecule has 0 bridgehead atoms. The van der Waals surface area contributed by atoms with Crippen molar-refractivity contribution in [2.75, 3.05) is 44.2 Å². The lowest BCUT2D eigenvalue weighted by Crippen LogP contribution is -2.38. The Bertz CT molecular complexity index is 1200. The van der Waals surface area contributed by atoms with Gasteiger partial charge in [-0.1, -0.05) is 30.3 Å². The smallest absolute Gasteiger partial charge is 0.326 e. The highest BCUT2D eigenvalue weighted by molar-refractivity contribution is 5.96. The highest BCUT2D eigenvalue weighted by atomic mass is 16.4. The molecule has 39 heavy (non-hydrogen) atoms. The fourth-order valence-corrected chi connectivity index (χ4v) is 6.56. The summed E-state index contributed by atoms with van der Waals surface area (Å²) in [6.07, 6.45) is 2.20. The van der Waals surface area contributed by atoms with Crippen molar-refractivity contribution >= 4 is 23.7 Å². The van der Waals surface area contributed by atoms with E-state index in [1.165, 1.54) is 0 Å². The Morgan fingerprint density at radius 2 is 1.67 bits per heavy atom. The van der Waals surface area contributed by atoms with Crippen molar-refractivity contribution in [3.63, 3.8) is 0 Å². The second-order valence-corrected chi connectivity index (χ2v) is 11.2. The number of aromatic nitrogens is 2. The van der Waals surface area contributed by atoms with E-state index in [9.17, 15) is 19.5 Å². The molecule has 4 atom stereocenters. The minimum Gasteiger partial charge on any atom is -0.480 e. The number of aryl methyl sites for hydroxylation is 2. The summed E-state index contributed by atoms with van der Waals surface area (Å²) in [6, 6.07) is 9.45. The fraction of sp³-hybridized carbons (Fsp3) is 0.552. The molecule has 2 unspecified atom stereocenters. The first-order valence-electron chi connectivity index (χ1n) is 13.9. The van der Waals surface area contributed by atoms with Gasteiger partial charge in [-0.15, -0.1) is 0 Å². The van der Waals surface area contributed by atoms with Crippen molar-refractivity contribution in [1.29, 1.82) is 0 Å². The minimum atomic E-state index is -0.866. The molecule has 3 aliphatic rings. The molecule has 4 heterocycles. The number of carbonyl (C=O) groups is 3. The van der Waals surface area contributed by atoms with Gasteiger partial charge in [0.15, 0.2) is 0 Å². The molecule has 1 aromatic heterocycles. The topological polar surface area (TPSA) is 119 Å². The zero-order chi connectivity index (χ0) is 27.7. The molecule has 1 aromatic carbocycles. The van der Waals surface area contributed by atoms with Gasteiger partial charge in [0, 0.05) is 46.2 Å². The number of hydrogen-bond donors (Lipinski definition) is 2. The van der Waals surface area contributed by atoms with Crippen molar-refractivity contribution in [2.45, 2.75) is 52.1 Å². The molecule has 3 fully saturated rings. The largest absolute Gasteiger partial charge is 0.480 e. The van der Waals surface area contributed by atoms with Crippen LogP contribution in [0.2, 0.25) is 0 Å². The first-order valence-corrected chi connectivity index (χ1v) is 13.9. The quantitative estimate of drug-likeness (QED) is 0.530. The predicted octanol–water partition coefficient (Wildman–Crippen LogP) is 2.42. The van der Waals surface area contributed by atoms with Gasteiger partial charge in [-0.3, -0.25) is 9.59 Å². The summed E-state index contributed by atoms with van der Waals surface area (Å²) in [5, 5.41) is 12.6. The van der Waals surface area contributed by atoms with E-state index in [1.807, 2.05) is 36.9 Å². The van der Waals surface area contributed by atoms with Crippen LogP contribution in [0.15, 0.2) is 30.3 Å². The third-order valence-corrected chi connectivity index (χ3v) is 8.43. The number of rotatable bonds is 8. The molecule has 2 aromatic rings. The minimum absolute atomic E-state index is 0.0116. The maximum atomic E-state index is 13.6. The molecule has 3 saturated heterocycles. The average molecular weight is 535 g/mol. The number of hydrogen-bond acceptors (Lipinski definition) is 7. The molecule has 10 heteroatoms.